The van der Waals surface area contributed by atoms with Crippen LogP contribution in [-0.2, 0) is 16.1 Å². The minimum Gasteiger partial charge on any atom is -0.381 e. The average Bonchev–Trinajstić information content (AvgIpc) is 2.69. The van der Waals surface area contributed by atoms with Crippen LogP contribution in [0.5, 0.6) is 0 Å². The van der Waals surface area contributed by atoms with Gasteiger partial charge in [-0.15, -0.1) is 24.0 Å². The van der Waals surface area contributed by atoms with E-state index in [1.54, 1.807) is 0 Å². The third kappa shape index (κ3) is 7.72. The summed E-state index contributed by atoms with van der Waals surface area (Å²) in [6.07, 6.45) is 6.71. The van der Waals surface area contributed by atoms with Crippen LogP contribution in [0.1, 0.15) is 51.0 Å². The number of amides is 1. The molecule has 30 heavy (non-hydrogen) atoms. The molecule has 1 aromatic carbocycles. The summed E-state index contributed by atoms with van der Waals surface area (Å²) in [5.74, 6) is 2.04. The Labute approximate surface area is 198 Å². The largest absolute Gasteiger partial charge is 0.381 e. The van der Waals surface area contributed by atoms with Gasteiger partial charge in [-0.3, -0.25) is 4.79 Å². The van der Waals surface area contributed by atoms with Gasteiger partial charge >= 0.3 is 0 Å². The molecule has 1 saturated carbocycles. The molecule has 1 aliphatic heterocycles. The standard InChI is InChI=1S/C23H36N4O2.HI/c1-3-24-23(27(2)13-10-18-11-14-29-15-12-18)25-17-19-6-4-9-21(16-19)26-22(28)20-7-5-8-20;/h4,6,9,16,18,20H,3,5,7-8,10-15,17H2,1-2H3,(H,24,25)(H,26,28);1H. The van der Waals surface area contributed by atoms with Gasteiger partial charge in [0.05, 0.1) is 6.54 Å². The third-order valence-electron chi connectivity index (χ3n) is 5.99. The smallest absolute Gasteiger partial charge is 0.227 e. The number of halogens is 1. The molecule has 6 nitrogen and oxygen atoms in total. The molecule has 2 fully saturated rings. The van der Waals surface area contributed by atoms with Gasteiger partial charge in [0.2, 0.25) is 5.91 Å². The van der Waals surface area contributed by atoms with E-state index in [9.17, 15) is 4.79 Å². The lowest BCUT2D eigenvalue weighted by Crippen LogP contribution is -2.40. The van der Waals surface area contributed by atoms with Crippen molar-refractivity contribution in [3.8, 4) is 0 Å². The van der Waals surface area contributed by atoms with Crippen molar-refractivity contribution < 1.29 is 9.53 Å². The number of hydrogen-bond donors (Lipinski definition) is 2. The number of carbonyl (C=O) groups is 1. The molecule has 0 bridgehead atoms. The minimum atomic E-state index is 0. The first-order valence-electron chi connectivity index (χ1n) is 11.1. The Balaban J connectivity index is 0.00000320. The molecule has 0 atom stereocenters. The van der Waals surface area contributed by atoms with Gasteiger partial charge in [-0.25, -0.2) is 4.99 Å². The van der Waals surface area contributed by atoms with Crippen LogP contribution in [0.25, 0.3) is 0 Å². The highest BCUT2D eigenvalue weighted by Crippen LogP contribution is 2.27. The zero-order valence-corrected chi connectivity index (χ0v) is 20.7. The number of benzene rings is 1. The lowest BCUT2D eigenvalue weighted by atomic mass is 9.85. The van der Waals surface area contributed by atoms with E-state index in [0.717, 1.165) is 62.3 Å². The van der Waals surface area contributed by atoms with E-state index in [0.29, 0.717) is 6.54 Å². The topological polar surface area (TPSA) is 66.0 Å². The number of carbonyl (C=O) groups excluding carboxylic acids is 1. The van der Waals surface area contributed by atoms with E-state index in [1.807, 2.05) is 18.2 Å². The quantitative estimate of drug-likeness (QED) is 0.301. The SMILES string of the molecule is CCNC(=NCc1cccc(NC(=O)C2CCC2)c1)N(C)CCC1CCOCC1.I. The van der Waals surface area contributed by atoms with E-state index < -0.39 is 0 Å². The first-order chi connectivity index (χ1) is 14.2. The number of nitrogens with zero attached hydrogens (tertiary/aromatic N) is 2. The van der Waals surface area contributed by atoms with Crippen LogP contribution in [0.2, 0.25) is 0 Å². The van der Waals surface area contributed by atoms with Gasteiger partial charge in [0.1, 0.15) is 0 Å². The Kier molecular flexibility index (Phi) is 10.9. The summed E-state index contributed by atoms with van der Waals surface area (Å²) in [4.78, 5) is 19.2. The number of aliphatic imine (C=N–C) groups is 1. The predicted molar refractivity (Wildman–Crippen MR) is 133 cm³/mol. The molecule has 1 saturated heterocycles. The third-order valence-corrected chi connectivity index (χ3v) is 5.99. The molecule has 3 rings (SSSR count). The van der Waals surface area contributed by atoms with Crippen molar-refractivity contribution in [2.24, 2.45) is 16.8 Å². The lowest BCUT2D eigenvalue weighted by molar-refractivity contribution is -0.122. The monoisotopic (exact) mass is 528 g/mol. The summed E-state index contributed by atoms with van der Waals surface area (Å²) in [6.45, 7) is 6.33. The highest BCUT2D eigenvalue weighted by molar-refractivity contribution is 14.0. The zero-order chi connectivity index (χ0) is 20.5. The molecule has 1 amide bonds. The van der Waals surface area contributed by atoms with Crippen molar-refractivity contribution in [1.82, 2.24) is 10.2 Å². The van der Waals surface area contributed by atoms with Crippen LogP contribution in [0.3, 0.4) is 0 Å². The van der Waals surface area contributed by atoms with Crippen molar-refractivity contribution >= 4 is 41.5 Å². The number of anilines is 1. The molecular formula is C23H37IN4O2. The summed E-state index contributed by atoms with van der Waals surface area (Å²) in [5.41, 5.74) is 1.97. The van der Waals surface area contributed by atoms with Crippen LogP contribution >= 0.6 is 24.0 Å². The fourth-order valence-electron chi connectivity index (χ4n) is 3.82. The highest BCUT2D eigenvalue weighted by Gasteiger charge is 2.25. The molecule has 1 aromatic rings. The molecule has 1 aliphatic carbocycles. The molecule has 0 spiro atoms. The van der Waals surface area contributed by atoms with Gasteiger partial charge < -0.3 is 20.3 Å². The van der Waals surface area contributed by atoms with Gasteiger partial charge in [0.25, 0.3) is 0 Å². The molecule has 0 aromatic heterocycles. The maximum atomic E-state index is 12.2. The summed E-state index contributed by atoms with van der Waals surface area (Å²) >= 11 is 0. The maximum Gasteiger partial charge on any atom is 0.227 e. The predicted octanol–water partition coefficient (Wildman–Crippen LogP) is 4.26. The van der Waals surface area contributed by atoms with Gasteiger partial charge in [0.15, 0.2) is 5.96 Å². The Morgan fingerprint density at radius 1 is 1.23 bits per heavy atom. The Morgan fingerprint density at radius 3 is 2.67 bits per heavy atom. The van der Waals surface area contributed by atoms with Crippen LogP contribution in [-0.4, -0.2) is 50.1 Å². The Hall–Kier alpha value is -1.35. The number of ether oxygens (including phenoxy) is 1. The lowest BCUT2D eigenvalue weighted by Gasteiger charge is -2.27. The normalized spacial score (nSPS) is 17.6. The molecule has 2 N–H and O–H groups in total. The van der Waals surface area contributed by atoms with E-state index >= 15 is 0 Å². The van der Waals surface area contributed by atoms with Gasteiger partial charge in [-0.05, 0) is 62.6 Å². The van der Waals surface area contributed by atoms with Crippen molar-refractivity contribution in [1.29, 1.82) is 0 Å². The van der Waals surface area contributed by atoms with Crippen LogP contribution < -0.4 is 10.6 Å². The van der Waals surface area contributed by atoms with Crippen LogP contribution in [0, 0.1) is 11.8 Å². The summed E-state index contributed by atoms with van der Waals surface area (Å²) in [7, 11) is 2.11. The zero-order valence-electron chi connectivity index (χ0n) is 18.4. The molecule has 1 heterocycles. The Morgan fingerprint density at radius 2 is 2.00 bits per heavy atom. The number of rotatable bonds is 8. The second-order valence-electron chi connectivity index (χ2n) is 8.25. The summed E-state index contributed by atoms with van der Waals surface area (Å²) < 4.78 is 5.46. The highest BCUT2D eigenvalue weighted by atomic mass is 127. The van der Waals surface area contributed by atoms with E-state index in [2.05, 4.69) is 35.6 Å². The molecule has 7 heteroatoms. The summed E-state index contributed by atoms with van der Waals surface area (Å²) in [6, 6.07) is 8.04. The van der Waals surface area contributed by atoms with Crippen molar-refractivity contribution in [3.63, 3.8) is 0 Å². The average molecular weight is 528 g/mol. The van der Waals surface area contributed by atoms with Gasteiger partial charge in [-0.2, -0.15) is 0 Å². The van der Waals surface area contributed by atoms with Gasteiger partial charge in [-0.1, -0.05) is 18.6 Å². The molecule has 0 unspecified atom stereocenters. The van der Waals surface area contributed by atoms with E-state index in [1.165, 1.54) is 25.7 Å². The molecule has 0 radical (unpaired) electrons. The van der Waals surface area contributed by atoms with Crippen LogP contribution in [0.4, 0.5) is 5.69 Å². The first-order valence-corrected chi connectivity index (χ1v) is 11.1. The van der Waals surface area contributed by atoms with E-state index in [-0.39, 0.29) is 35.8 Å². The number of hydrogen-bond acceptors (Lipinski definition) is 3. The van der Waals surface area contributed by atoms with Crippen molar-refractivity contribution in [2.75, 3.05) is 38.7 Å². The van der Waals surface area contributed by atoms with Crippen molar-refractivity contribution in [2.45, 2.75) is 52.0 Å². The summed E-state index contributed by atoms with van der Waals surface area (Å²) in [5, 5.41) is 6.45. The van der Waals surface area contributed by atoms with Crippen molar-refractivity contribution in [3.05, 3.63) is 29.8 Å². The molecule has 2 aliphatic rings. The second-order valence-corrected chi connectivity index (χ2v) is 8.25. The number of nitrogens with one attached hydrogen (secondary N) is 2. The van der Waals surface area contributed by atoms with Gasteiger partial charge in [0, 0.05) is 45.0 Å². The molecule has 168 valence electrons. The maximum absolute atomic E-state index is 12.2. The fourth-order valence-corrected chi connectivity index (χ4v) is 3.82. The first kappa shape index (κ1) is 24.9. The minimum absolute atomic E-state index is 0. The van der Waals surface area contributed by atoms with Crippen LogP contribution in [0.15, 0.2) is 29.3 Å². The van der Waals surface area contributed by atoms with E-state index in [4.69, 9.17) is 9.73 Å². The molecular weight excluding hydrogens is 491 g/mol. The Bertz CT molecular complexity index is 688. The second kappa shape index (κ2) is 13.1. The fraction of sp³-hybridized carbons (Fsp3) is 0.652. The number of guanidine groups is 1.